The number of benzene rings is 2. The van der Waals surface area contributed by atoms with E-state index in [0.717, 1.165) is 4.90 Å². The van der Waals surface area contributed by atoms with Crippen LogP contribution in [0.1, 0.15) is 18.6 Å². The minimum atomic E-state index is -0.953. The van der Waals surface area contributed by atoms with Crippen LogP contribution in [0.15, 0.2) is 59.5 Å². The topological polar surface area (TPSA) is 46.5 Å². The number of carbonyl (C=O) groups excluding carboxylic acids is 1. The summed E-state index contributed by atoms with van der Waals surface area (Å²) in [5.74, 6) is -1.10. The van der Waals surface area contributed by atoms with Gasteiger partial charge in [0.2, 0.25) is 0 Å². The van der Waals surface area contributed by atoms with E-state index in [4.69, 9.17) is 16.3 Å². The van der Waals surface area contributed by atoms with Gasteiger partial charge in [0.25, 0.3) is 0 Å². The van der Waals surface area contributed by atoms with Gasteiger partial charge in [0.15, 0.2) is 0 Å². The lowest BCUT2D eigenvalue weighted by atomic mass is 9.93. The molecule has 1 unspecified atom stereocenters. The summed E-state index contributed by atoms with van der Waals surface area (Å²) >= 11 is 7.41. The number of rotatable bonds is 6. The zero-order valence-electron chi connectivity index (χ0n) is 13.0. The van der Waals surface area contributed by atoms with Crippen molar-refractivity contribution in [3.63, 3.8) is 0 Å². The molecule has 0 saturated carbocycles. The first-order valence-electron chi connectivity index (χ1n) is 7.26. The highest BCUT2D eigenvalue weighted by Crippen LogP contribution is 2.35. The molecule has 0 spiro atoms. The van der Waals surface area contributed by atoms with Crippen LogP contribution in [0.3, 0.4) is 0 Å². The molecule has 0 aliphatic rings. The molecule has 3 nitrogen and oxygen atoms in total. The lowest BCUT2D eigenvalue weighted by Crippen LogP contribution is -2.31. The molecule has 0 bridgehead atoms. The molecule has 0 radical (unpaired) electrons. The fraction of sp³-hybridized carbons (Fsp3) is 0.278. The van der Waals surface area contributed by atoms with Crippen LogP contribution in [0.4, 0.5) is 0 Å². The summed E-state index contributed by atoms with van der Waals surface area (Å²) in [5.41, 5.74) is 0.644. The van der Waals surface area contributed by atoms with Crippen molar-refractivity contribution in [1.29, 1.82) is 0 Å². The average molecular weight is 351 g/mol. The lowest BCUT2D eigenvalue weighted by Gasteiger charge is -2.26. The second kappa shape index (κ2) is 8.39. The fourth-order valence-corrected chi connectivity index (χ4v) is 3.64. The van der Waals surface area contributed by atoms with Gasteiger partial charge in [-0.25, -0.2) is 0 Å². The quantitative estimate of drug-likeness (QED) is 0.621. The Morgan fingerprint density at radius 1 is 1.13 bits per heavy atom. The molecule has 2 aromatic carbocycles. The molecule has 0 heterocycles. The summed E-state index contributed by atoms with van der Waals surface area (Å²) < 4.78 is 4.90. The Morgan fingerprint density at radius 2 is 1.74 bits per heavy atom. The maximum Gasteiger partial charge on any atom is 0.312 e. The smallest absolute Gasteiger partial charge is 0.312 e. The predicted molar refractivity (Wildman–Crippen MR) is 93.7 cm³/mol. The minimum absolute atomic E-state index is 0.157. The van der Waals surface area contributed by atoms with E-state index in [0.29, 0.717) is 10.6 Å². The average Bonchev–Trinajstić information content (AvgIpc) is 2.56. The molecule has 0 aliphatic heterocycles. The fourth-order valence-electron chi connectivity index (χ4n) is 2.37. The minimum Gasteiger partial charge on any atom is -0.469 e. The molecule has 2 aromatic rings. The SMILES string of the molecule is COC(=O)[C@H](C(O)c1ccc(Cl)cc1)[C@@H](C)Sc1ccccc1. The summed E-state index contributed by atoms with van der Waals surface area (Å²) in [6, 6.07) is 16.6. The third-order valence-corrected chi connectivity index (χ3v) is 5.06. The monoisotopic (exact) mass is 350 g/mol. The van der Waals surface area contributed by atoms with E-state index in [1.165, 1.54) is 18.9 Å². The van der Waals surface area contributed by atoms with Crippen LogP contribution in [-0.4, -0.2) is 23.4 Å². The number of thioether (sulfide) groups is 1. The van der Waals surface area contributed by atoms with Gasteiger partial charge in [-0.3, -0.25) is 4.79 Å². The first-order valence-corrected chi connectivity index (χ1v) is 8.51. The Bertz CT molecular complexity index is 630. The Labute approximate surface area is 145 Å². The van der Waals surface area contributed by atoms with Crippen molar-refractivity contribution in [3.8, 4) is 0 Å². The molecule has 5 heteroatoms. The van der Waals surface area contributed by atoms with Crippen molar-refractivity contribution in [2.24, 2.45) is 5.92 Å². The molecular weight excluding hydrogens is 332 g/mol. The van der Waals surface area contributed by atoms with Gasteiger partial charge in [-0.15, -0.1) is 11.8 Å². The van der Waals surface area contributed by atoms with Gasteiger partial charge in [-0.1, -0.05) is 48.9 Å². The van der Waals surface area contributed by atoms with E-state index in [2.05, 4.69) is 0 Å². The summed E-state index contributed by atoms with van der Waals surface area (Å²) in [7, 11) is 1.34. The molecule has 122 valence electrons. The number of halogens is 1. The van der Waals surface area contributed by atoms with Gasteiger partial charge in [-0.05, 0) is 29.8 Å². The highest BCUT2D eigenvalue weighted by molar-refractivity contribution is 8.00. The van der Waals surface area contributed by atoms with Gasteiger partial charge < -0.3 is 9.84 Å². The van der Waals surface area contributed by atoms with Gasteiger partial charge >= 0.3 is 5.97 Å². The molecule has 0 amide bonds. The van der Waals surface area contributed by atoms with Gasteiger partial charge in [-0.2, -0.15) is 0 Å². The van der Waals surface area contributed by atoms with Crippen molar-refractivity contribution in [2.75, 3.05) is 7.11 Å². The summed E-state index contributed by atoms with van der Waals surface area (Å²) in [4.78, 5) is 13.2. The molecule has 0 saturated heterocycles. The number of hydrogen-bond donors (Lipinski definition) is 1. The van der Waals surface area contributed by atoms with Crippen LogP contribution < -0.4 is 0 Å². The highest BCUT2D eigenvalue weighted by Gasteiger charge is 2.34. The Kier molecular flexibility index (Phi) is 6.51. The van der Waals surface area contributed by atoms with Crippen LogP contribution in [0.5, 0.6) is 0 Å². The summed E-state index contributed by atoms with van der Waals surface area (Å²) in [6.07, 6.45) is -0.953. The second-order valence-electron chi connectivity index (χ2n) is 5.18. The third-order valence-electron chi connectivity index (χ3n) is 3.60. The van der Waals surface area contributed by atoms with Gasteiger partial charge in [0, 0.05) is 15.2 Å². The van der Waals surface area contributed by atoms with Gasteiger partial charge in [0.1, 0.15) is 0 Å². The number of hydrogen-bond acceptors (Lipinski definition) is 4. The van der Waals surface area contributed by atoms with Crippen LogP contribution in [0.2, 0.25) is 5.02 Å². The summed E-state index contributed by atoms with van der Waals surface area (Å²) in [6.45, 7) is 1.92. The number of aliphatic hydroxyl groups excluding tert-OH is 1. The normalized spacial score (nSPS) is 14.8. The lowest BCUT2D eigenvalue weighted by molar-refractivity contribution is -0.149. The number of carbonyl (C=O) groups is 1. The van der Waals surface area contributed by atoms with Crippen LogP contribution >= 0.6 is 23.4 Å². The van der Waals surface area contributed by atoms with Crippen molar-refractivity contribution in [3.05, 3.63) is 65.2 Å². The van der Waals surface area contributed by atoms with Crippen LogP contribution in [-0.2, 0) is 9.53 Å². The van der Waals surface area contributed by atoms with Crippen molar-refractivity contribution in [1.82, 2.24) is 0 Å². The van der Waals surface area contributed by atoms with E-state index in [-0.39, 0.29) is 5.25 Å². The molecule has 1 N–H and O–H groups in total. The number of ether oxygens (including phenoxy) is 1. The predicted octanol–water partition coefficient (Wildman–Crippen LogP) is 4.34. The van der Waals surface area contributed by atoms with Crippen molar-refractivity contribution in [2.45, 2.75) is 23.2 Å². The second-order valence-corrected chi connectivity index (χ2v) is 7.07. The van der Waals surface area contributed by atoms with Gasteiger partial charge in [0.05, 0.1) is 19.1 Å². The third kappa shape index (κ3) is 4.74. The zero-order valence-corrected chi connectivity index (χ0v) is 14.6. The zero-order chi connectivity index (χ0) is 16.8. The molecule has 2 rings (SSSR count). The molecule has 23 heavy (non-hydrogen) atoms. The van der Waals surface area contributed by atoms with E-state index < -0.39 is 18.0 Å². The Hall–Kier alpha value is -1.49. The standard InChI is InChI=1S/C18H19ClO3S/c1-12(23-15-6-4-3-5-7-15)16(18(21)22-2)17(20)13-8-10-14(19)11-9-13/h3-12,16-17,20H,1-2H3/t12-,16+,17?/m1/s1. The van der Waals surface area contributed by atoms with E-state index in [1.807, 2.05) is 37.3 Å². The maximum atomic E-state index is 12.2. The van der Waals surface area contributed by atoms with Crippen LogP contribution in [0.25, 0.3) is 0 Å². The number of methoxy groups -OCH3 is 1. The van der Waals surface area contributed by atoms with Crippen LogP contribution in [0, 0.1) is 5.92 Å². The summed E-state index contributed by atoms with van der Waals surface area (Å²) in [5, 5.41) is 11.1. The molecule has 3 atom stereocenters. The Morgan fingerprint density at radius 3 is 2.30 bits per heavy atom. The number of esters is 1. The van der Waals surface area contributed by atoms with E-state index >= 15 is 0 Å². The van der Waals surface area contributed by atoms with E-state index in [1.54, 1.807) is 24.3 Å². The largest absolute Gasteiger partial charge is 0.469 e. The highest BCUT2D eigenvalue weighted by atomic mass is 35.5. The maximum absolute atomic E-state index is 12.2. The van der Waals surface area contributed by atoms with Crippen molar-refractivity contribution >= 4 is 29.3 Å². The Balaban J connectivity index is 2.22. The van der Waals surface area contributed by atoms with E-state index in [9.17, 15) is 9.90 Å². The molecular formula is C18H19ClO3S. The molecule has 0 fully saturated rings. The number of aliphatic hydroxyl groups is 1. The van der Waals surface area contributed by atoms with Crippen molar-refractivity contribution < 1.29 is 14.6 Å². The first kappa shape index (κ1) is 17.9. The first-order chi connectivity index (χ1) is 11.0. The molecule has 0 aliphatic carbocycles. The molecule has 0 aromatic heterocycles.